The Hall–Kier alpha value is -1.20. The van der Waals surface area contributed by atoms with Crippen molar-refractivity contribution in [1.29, 1.82) is 0 Å². The zero-order valence-electron chi connectivity index (χ0n) is 11.2. The Balaban J connectivity index is 2.71. The van der Waals surface area contributed by atoms with E-state index in [0.29, 0.717) is 5.82 Å². The molecule has 0 radical (unpaired) electrons. The molecular weight excluding hydrogens is 307 g/mol. The largest absolute Gasteiger partial charge is 0.305 e. The van der Waals surface area contributed by atoms with Gasteiger partial charge >= 0.3 is 0 Å². The molecule has 0 atom stereocenters. The van der Waals surface area contributed by atoms with Crippen LogP contribution in [-0.2, 0) is 11.4 Å². The molecule has 0 fully saturated rings. The van der Waals surface area contributed by atoms with Crippen molar-refractivity contribution >= 4 is 23.2 Å². The van der Waals surface area contributed by atoms with Crippen molar-refractivity contribution in [2.24, 2.45) is 0 Å². The number of hydrogen-bond donors (Lipinski definition) is 0. The van der Waals surface area contributed by atoms with Crippen molar-refractivity contribution in [2.45, 2.75) is 32.2 Å². The number of rotatable bonds is 2. The quantitative estimate of drug-likeness (QED) is 0.608. The van der Waals surface area contributed by atoms with Crippen molar-refractivity contribution < 1.29 is 8.78 Å². The van der Waals surface area contributed by atoms with Crippen molar-refractivity contribution in [3.05, 3.63) is 34.6 Å². The average Bonchev–Trinajstić information content (AvgIpc) is 2.77. The summed E-state index contributed by atoms with van der Waals surface area (Å²) in [5.74, 6) is -0.526. The van der Waals surface area contributed by atoms with E-state index in [2.05, 4.69) is 10.2 Å². The van der Waals surface area contributed by atoms with Gasteiger partial charge in [-0.2, -0.15) is 0 Å². The lowest BCUT2D eigenvalue weighted by Crippen LogP contribution is -2.25. The summed E-state index contributed by atoms with van der Waals surface area (Å²) in [6, 6.07) is 1.94. The van der Waals surface area contributed by atoms with Gasteiger partial charge < -0.3 is 4.57 Å². The van der Waals surface area contributed by atoms with Gasteiger partial charge in [-0.15, -0.1) is 21.8 Å². The molecule has 2 aromatic rings. The molecule has 1 aromatic heterocycles. The van der Waals surface area contributed by atoms with Gasteiger partial charge in [0.1, 0.15) is 17.5 Å². The van der Waals surface area contributed by atoms with Crippen LogP contribution in [0.15, 0.2) is 12.1 Å². The van der Waals surface area contributed by atoms with E-state index in [1.165, 1.54) is 0 Å². The van der Waals surface area contributed by atoms with Crippen molar-refractivity contribution in [1.82, 2.24) is 14.8 Å². The number of alkyl halides is 1. The van der Waals surface area contributed by atoms with Crippen molar-refractivity contribution in [3.8, 4) is 11.4 Å². The summed E-state index contributed by atoms with van der Waals surface area (Å²) >= 11 is 11.4. The predicted octanol–water partition coefficient (Wildman–Crippen LogP) is 4.37. The number of hydrogen-bond acceptors (Lipinski definition) is 2. The SMILES string of the molecule is CC(C)(C)n1c(CCl)nnc1-c1cc(F)c(Cl)cc1F. The maximum absolute atomic E-state index is 14.0. The van der Waals surface area contributed by atoms with E-state index in [4.69, 9.17) is 23.2 Å². The maximum Gasteiger partial charge on any atom is 0.167 e. The zero-order valence-corrected chi connectivity index (χ0v) is 12.7. The van der Waals surface area contributed by atoms with E-state index in [0.717, 1.165) is 12.1 Å². The maximum atomic E-state index is 14.0. The highest BCUT2D eigenvalue weighted by Crippen LogP contribution is 2.31. The monoisotopic (exact) mass is 319 g/mol. The van der Waals surface area contributed by atoms with Gasteiger partial charge in [0.15, 0.2) is 5.82 Å². The van der Waals surface area contributed by atoms with Gasteiger partial charge in [-0.05, 0) is 32.9 Å². The number of nitrogens with zero attached hydrogens (tertiary/aromatic N) is 3. The molecule has 20 heavy (non-hydrogen) atoms. The molecule has 0 aliphatic rings. The predicted molar refractivity (Wildman–Crippen MR) is 74.9 cm³/mol. The third kappa shape index (κ3) is 2.65. The Morgan fingerprint density at radius 1 is 1.15 bits per heavy atom. The van der Waals surface area contributed by atoms with Gasteiger partial charge in [-0.3, -0.25) is 0 Å². The second-order valence-electron chi connectivity index (χ2n) is 5.33. The fourth-order valence-corrected chi connectivity index (χ4v) is 2.30. The molecule has 0 N–H and O–H groups in total. The van der Waals surface area contributed by atoms with E-state index < -0.39 is 17.2 Å². The van der Waals surface area contributed by atoms with Gasteiger partial charge in [0.25, 0.3) is 0 Å². The Labute approximate surface area is 125 Å². The van der Waals surface area contributed by atoms with Gasteiger partial charge in [-0.1, -0.05) is 11.6 Å². The van der Waals surface area contributed by atoms with Crippen LogP contribution in [0.25, 0.3) is 11.4 Å². The summed E-state index contributed by atoms with van der Waals surface area (Å²) in [6.07, 6.45) is 0. The Kier molecular flexibility index (Phi) is 4.02. The third-order valence-corrected chi connectivity index (χ3v) is 3.30. The van der Waals surface area contributed by atoms with Crippen LogP contribution < -0.4 is 0 Å². The highest BCUT2D eigenvalue weighted by molar-refractivity contribution is 6.30. The van der Waals surface area contributed by atoms with Gasteiger partial charge in [0.05, 0.1) is 16.5 Å². The summed E-state index contributed by atoms with van der Waals surface area (Å²) in [6.45, 7) is 5.71. The first-order valence-corrected chi connectivity index (χ1v) is 6.82. The number of benzene rings is 1. The Morgan fingerprint density at radius 3 is 2.35 bits per heavy atom. The van der Waals surface area contributed by atoms with Crippen molar-refractivity contribution in [3.63, 3.8) is 0 Å². The van der Waals surface area contributed by atoms with E-state index in [-0.39, 0.29) is 22.3 Å². The van der Waals surface area contributed by atoms with E-state index >= 15 is 0 Å². The molecule has 7 heteroatoms. The standard InChI is InChI=1S/C13H13Cl2F2N3/c1-13(2,3)20-11(6-14)18-19-12(20)7-4-10(17)8(15)5-9(7)16/h4-5H,6H2,1-3H3. The lowest BCUT2D eigenvalue weighted by Gasteiger charge is -2.24. The normalized spacial score (nSPS) is 11.9. The summed E-state index contributed by atoms with van der Waals surface area (Å²) in [5.41, 5.74) is -0.420. The minimum Gasteiger partial charge on any atom is -0.305 e. The molecule has 0 saturated carbocycles. The Bertz CT molecular complexity index is 648. The lowest BCUT2D eigenvalue weighted by atomic mass is 10.1. The molecule has 0 bridgehead atoms. The molecule has 108 valence electrons. The average molecular weight is 320 g/mol. The Morgan fingerprint density at radius 2 is 1.80 bits per heavy atom. The minimum absolute atomic E-state index is 0.00527. The van der Waals surface area contributed by atoms with Crippen LogP contribution in [0.1, 0.15) is 26.6 Å². The summed E-state index contributed by atoms with van der Waals surface area (Å²) in [5, 5.41) is 7.59. The van der Waals surface area contributed by atoms with Gasteiger partial charge in [-0.25, -0.2) is 8.78 Å². The van der Waals surface area contributed by atoms with E-state index in [1.54, 1.807) is 4.57 Å². The molecule has 1 heterocycles. The van der Waals surface area contributed by atoms with Crippen LogP contribution in [0, 0.1) is 11.6 Å². The van der Waals surface area contributed by atoms with Crippen LogP contribution in [0.5, 0.6) is 0 Å². The summed E-state index contributed by atoms with van der Waals surface area (Å²) in [4.78, 5) is 0. The highest BCUT2D eigenvalue weighted by atomic mass is 35.5. The van der Waals surface area contributed by atoms with Crippen LogP contribution >= 0.6 is 23.2 Å². The molecule has 1 aromatic carbocycles. The molecule has 0 saturated heterocycles. The first-order valence-electron chi connectivity index (χ1n) is 5.91. The van der Waals surface area contributed by atoms with Crippen LogP contribution in [0.2, 0.25) is 5.02 Å². The van der Waals surface area contributed by atoms with Gasteiger partial charge in [0.2, 0.25) is 0 Å². The third-order valence-electron chi connectivity index (χ3n) is 2.77. The molecule has 0 aliphatic carbocycles. The smallest absolute Gasteiger partial charge is 0.167 e. The molecule has 0 aliphatic heterocycles. The van der Waals surface area contributed by atoms with Crippen LogP contribution in [0.4, 0.5) is 8.78 Å². The molecule has 0 unspecified atom stereocenters. The first-order chi connectivity index (χ1) is 9.25. The summed E-state index contributed by atoms with van der Waals surface area (Å²) < 4.78 is 29.3. The van der Waals surface area contributed by atoms with Crippen LogP contribution in [0.3, 0.4) is 0 Å². The summed E-state index contributed by atoms with van der Waals surface area (Å²) in [7, 11) is 0. The number of halogens is 4. The van der Waals surface area contributed by atoms with E-state index in [1.807, 2.05) is 20.8 Å². The zero-order chi connectivity index (χ0) is 15.1. The molecule has 3 nitrogen and oxygen atoms in total. The molecule has 2 rings (SSSR count). The fraction of sp³-hybridized carbons (Fsp3) is 0.385. The number of aromatic nitrogens is 3. The fourth-order valence-electron chi connectivity index (χ4n) is 1.98. The molecule has 0 amide bonds. The molecule has 0 spiro atoms. The lowest BCUT2D eigenvalue weighted by molar-refractivity contribution is 0.389. The van der Waals surface area contributed by atoms with Crippen molar-refractivity contribution in [2.75, 3.05) is 0 Å². The first kappa shape index (κ1) is 15.2. The molecular formula is C13H13Cl2F2N3. The highest BCUT2D eigenvalue weighted by Gasteiger charge is 2.25. The second kappa shape index (κ2) is 5.30. The van der Waals surface area contributed by atoms with E-state index in [9.17, 15) is 8.78 Å². The second-order valence-corrected chi connectivity index (χ2v) is 6.00. The van der Waals surface area contributed by atoms with Crippen LogP contribution in [-0.4, -0.2) is 14.8 Å². The van der Waals surface area contributed by atoms with Gasteiger partial charge in [0, 0.05) is 5.54 Å². The topological polar surface area (TPSA) is 30.7 Å². The minimum atomic E-state index is -0.709.